The first-order chi connectivity index (χ1) is 15.2. The highest BCUT2D eigenvalue weighted by Gasteiger charge is 2.30. The summed E-state index contributed by atoms with van der Waals surface area (Å²) in [6.07, 6.45) is 1.65. The predicted molar refractivity (Wildman–Crippen MR) is 110 cm³/mol. The normalized spacial score (nSPS) is 16.4. The summed E-state index contributed by atoms with van der Waals surface area (Å²) in [6.45, 7) is 1.08. The van der Waals surface area contributed by atoms with Gasteiger partial charge < -0.3 is 13.8 Å². The number of amides is 1. The van der Waals surface area contributed by atoms with Gasteiger partial charge in [0.05, 0.1) is 5.92 Å². The Balaban J connectivity index is 1.30. The van der Waals surface area contributed by atoms with Crippen LogP contribution in [0.4, 0.5) is 4.39 Å². The van der Waals surface area contributed by atoms with Crippen molar-refractivity contribution in [1.82, 2.24) is 20.3 Å². The first-order valence-corrected chi connectivity index (χ1v) is 10.1. The summed E-state index contributed by atoms with van der Waals surface area (Å²) in [5.74, 6) is 0.782. The third kappa shape index (κ3) is 3.96. The minimum atomic E-state index is -0.326. The summed E-state index contributed by atoms with van der Waals surface area (Å²) in [4.78, 5) is 14.7. The van der Waals surface area contributed by atoms with E-state index in [0.717, 1.165) is 18.4 Å². The molecule has 0 N–H and O–H groups in total. The van der Waals surface area contributed by atoms with Gasteiger partial charge in [-0.05, 0) is 37.1 Å². The van der Waals surface area contributed by atoms with Gasteiger partial charge in [-0.3, -0.25) is 4.79 Å². The maximum absolute atomic E-state index is 13.1. The van der Waals surface area contributed by atoms with Gasteiger partial charge in [0, 0.05) is 30.3 Å². The van der Waals surface area contributed by atoms with E-state index in [1.807, 2.05) is 30.3 Å². The van der Waals surface area contributed by atoms with Crippen LogP contribution in [0, 0.1) is 5.82 Å². The Morgan fingerprint density at radius 1 is 1.03 bits per heavy atom. The monoisotopic (exact) mass is 418 g/mol. The number of hydrogen-bond donors (Lipinski definition) is 0. The number of carbonyl (C=O) groups is 1. The van der Waals surface area contributed by atoms with Crippen LogP contribution in [0.25, 0.3) is 22.8 Å². The summed E-state index contributed by atoms with van der Waals surface area (Å²) >= 11 is 0. The maximum Gasteiger partial charge on any atom is 0.276 e. The van der Waals surface area contributed by atoms with E-state index in [-0.39, 0.29) is 23.3 Å². The van der Waals surface area contributed by atoms with Gasteiger partial charge in [-0.2, -0.15) is 0 Å². The molecule has 3 heterocycles. The molecule has 0 radical (unpaired) electrons. The largest absolute Gasteiger partial charge is 0.420 e. The Kier molecular flexibility index (Phi) is 5.03. The second-order valence-corrected chi connectivity index (χ2v) is 7.49. The Morgan fingerprint density at radius 2 is 1.84 bits per heavy atom. The van der Waals surface area contributed by atoms with Gasteiger partial charge in [0.15, 0.2) is 11.5 Å². The average Bonchev–Trinajstić information content (AvgIpc) is 3.50. The van der Waals surface area contributed by atoms with E-state index in [9.17, 15) is 9.18 Å². The third-order valence-corrected chi connectivity index (χ3v) is 5.38. The zero-order valence-electron chi connectivity index (χ0n) is 16.6. The van der Waals surface area contributed by atoms with Crippen molar-refractivity contribution in [2.45, 2.75) is 18.8 Å². The number of benzene rings is 2. The van der Waals surface area contributed by atoms with Crippen molar-refractivity contribution in [2.24, 2.45) is 0 Å². The Bertz CT molecular complexity index is 1190. The minimum absolute atomic E-state index is 0.0695. The van der Waals surface area contributed by atoms with Crippen molar-refractivity contribution in [3.05, 3.63) is 78.1 Å². The summed E-state index contributed by atoms with van der Waals surface area (Å²) in [6, 6.07) is 17.1. The van der Waals surface area contributed by atoms with Gasteiger partial charge in [0.1, 0.15) is 5.82 Å². The van der Waals surface area contributed by atoms with E-state index in [2.05, 4.69) is 15.4 Å². The summed E-state index contributed by atoms with van der Waals surface area (Å²) in [5, 5.41) is 12.2. The molecule has 5 rings (SSSR count). The molecule has 156 valence electrons. The highest BCUT2D eigenvalue weighted by Crippen LogP contribution is 2.29. The zero-order chi connectivity index (χ0) is 21.2. The first kappa shape index (κ1) is 19.2. The number of likely N-dealkylation sites (tertiary alicyclic amines) is 1. The van der Waals surface area contributed by atoms with E-state index in [4.69, 9.17) is 8.94 Å². The SMILES string of the molecule is O=C(c1cc(-c2ccccc2)on1)N1CCCC(c2nnc(-c3ccc(F)cc3)o2)C1. The van der Waals surface area contributed by atoms with Crippen molar-refractivity contribution in [1.29, 1.82) is 0 Å². The molecule has 0 aliphatic carbocycles. The van der Waals surface area contributed by atoms with Crippen molar-refractivity contribution in [3.63, 3.8) is 0 Å². The van der Waals surface area contributed by atoms with E-state index in [1.54, 1.807) is 23.1 Å². The summed E-state index contributed by atoms with van der Waals surface area (Å²) in [5.41, 5.74) is 1.79. The fraction of sp³-hybridized carbons (Fsp3) is 0.217. The Labute approximate surface area is 177 Å². The van der Waals surface area contributed by atoms with Gasteiger partial charge in [0.25, 0.3) is 5.91 Å². The second kappa shape index (κ2) is 8.14. The van der Waals surface area contributed by atoms with Crippen LogP contribution >= 0.6 is 0 Å². The predicted octanol–water partition coefficient (Wildman–Crippen LogP) is 4.55. The summed E-state index contributed by atoms with van der Waals surface area (Å²) in [7, 11) is 0. The molecule has 2 aromatic carbocycles. The topological polar surface area (TPSA) is 85.3 Å². The molecule has 0 saturated carbocycles. The third-order valence-electron chi connectivity index (χ3n) is 5.38. The van der Waals surface area contributed by atoms with Crippen LogP contribution in [-0.4, -0.2) is 39.3 Å². The fourth-order valence-corrected chi connectivity index (χ4v) is 3.75. The molecular weight excluding hydrogens is 399 g/mol. The van der Waals surface area contributed by atoms with Crippen molar-refractivity contribution in [3.8, 4) is 22.8 Å². The lowest BCUT2D eigenvalue weighted by Crippen LogP contribution is -2.39. The molecule has 31 heavy (non-hydrogen) atoms. The van der Waals surface area contributed by atoms with Gasteiger partial charge in [0.2, 0.25) is 11.8 Å². The minimum Gasteiger partial charge on any atom is -0.420 e. The molecule has 1 saturated heterocycles. The Morgan fingerprint density at radius 3 is 2.65 bits per heavy atom. The molecule has 4 aromatic rings. The number of hydrogen-bond acceptors (Lipinski definition) is 6. The molecule has 1 atom stereocenters. The smallest absolute Gasteiger partial charge is 0.276 e. The van der Waals surface area contributed by atoms with Crippen LogP contribution in [0.15, 0.2) is 69.6 Å². The molecule has 1 fully saturated rings. The molecule has 0 spiro atoms. The lowest BCUT2D eigenvalue weighted by atomic mass is 9.97. The maximum atomic E-state index is 13.1. The molecule has 1 aliphatic rings. The van der Waals surface area contributed by atoms with Crippen LogP contribution in [-0.2, 0) is 0 Å². The summed E-state index contributed by atoms with van der Waals surface area (Å²) < 4.78 is 24.3. The van der Waals surface area contributed by atoms with E-state index in [0.29, 0.717) is 36.2 Å². The molecule has 1 unspecified atom stereocenters. The second-order valence-electron chi connectivity index (χ2n) is 7.49. The van der Waals surface area contributed by atoms with Crippen LogP contribution in [0.3, 0.4) is 0 Å². The zero-order valence-corrected chi connectivity index (χ0v) is 16.6. The van der Waals surface area contributed by atoms with Gasteiger partial charge in [-0.15, -0.1) is 10.2 Å². The van der Waals surface area contributed by atoms with Crippen LogP contribution in [0.2, 0.25) is 0 Å². The van der Waals surface area contributed by atoms with Crippen molar-refractivity contribution < 1.29 is 18.1 Å². The fourth-order valence-electron chi connectivity index (χ4n) is 3.75. The van der Waals surface area contributed by atoms with Gasteiger partial charge in [-0.25, -0.2) is 4.39 Å². The standard InChI is InChI=1S/C23H19FN4O3/c24-18-10-8-16(9-11-18)21-25-26-22(30-21)17-7-4-12-28(14-17)23(29)19-13-20(31-27-19)15-5-2-1-3-6-15/h1-3,5-6,8-11,13,17H,4,7,12,14H2. The molecule has 0 bridgehead atoms. The number of piperidine rings is 1. The number of carbonyl (C=O) groups excluding carboxylic acids is 1. The Hall–Kier alpha value is -3.81. The number of rotatable bonds is 4. The molecular formula is C23H19FN4O3. The van der Waals surface area contributed by atoms with E-state index < -0.39 is 0 Å². The average molecular weight is 418 g/mol. The molecule has 8 heteroatoms. The van der Waals surface area contributed by atoms with E-state index >= 15 is 0 Å². The molecule has 1 amide bonds. The van der Waals surface area contributed by atoms with Crippen LogP contribution in [0.5, 0.6) is 0 Å². The molecule has 2 aromatic heterocycles. The first-order valence-electron chi connectivity index (χ1n) is 10.1. The van der Waals surface area contributed by atoms with Gasteiger partial charge >= 0.3 is 0 Å². The number of nitrogens with zero attached hydrogens (tertiary/aromatic N) is 4. The highest BCUT2D eigenvalue weighted by molar-refractivity contribution is 5.93. The quantitative estimate of drug-likeness (QED) is 0.483. The van der Waals surface area contributed by atoms with Crippen LogP contribution in [0.1, 0.15) is 35.1 Å². The van der Waals surface area contributed by atoms with E-state index in [1.165, 1.54) is 12.1 Å². The number of halogens is 1. The lowest BCUT2D eigenvalue weighted by Gasteiger charge is -2.30. The molecule has 1 aliphatic heterocycles. The van der Waals surface area contributed by atoms with Crippen molar-refractivity contribution in [2.75, 3.05) is 13.1 Å². The molecule has 7 nitrogen and oxygen atoms in total. The van der Waals surface area contributed by atoms with Gasteiger partial charge in [-0.1, -0.05) is 35.5 Å². The highest BCUT2D eigenvalue weighted by atomic mass is 19.1. The van der Waals surface area contributed by atoms with Crippen LogP contribution < -0.4 is 0 Å². The van der Waals surface area contributed by atoms with Crippen molar-refractivity contribution >= 4 is 5.91 Å². The lowest BCUT2D eigenvalue weighted by molar-refractivity contribution is 0.0688. The number of aromatic nitrogens is 3.